The van der Waals surface area contributed by atoms with Crippen molar-refractivity contribution < 1.29 is 23.6 Å². The lowest BCUT2D eigenvalue weighted by Gasteiger charge is -2.26. The zero-order valence-corrected chi connectivity index (χ0v) is 15.7. The van der Waals surface area contributed by atoms with Crippen molar-refractivity contribution in [3.8, 4) is 11.4 Å². The number of nitrogens with zero attached hydrogens (tertiary/aromatic N) is 2. The molecule has 7 nitrogen and oxygen atoms in total. The van der Waals surface area contributed by atoms with Gasteiger partial charge in [-0.2, -0.15) is 4.98 Å². The molecule has 0 fully saturated rings. The maximum absolute atomic E-state index is 13.6. The SMILES string of the molecule is CCC(CC)(CNC(=O)CCc1nc(-c2ccc(C)c(F)c2)no1)C(=O)O. The van der Waals surface area contributed by atoms with Crippen LogP contribution in [0.5, 0.6) is 0 Å². The Morgan fingerprint density at radius 2 is 2.00 bits per heavy atom. The molecule has 0 saturated heterocycles. The highest BCUT2D eigenvalue weighted by Crippen LogP contribution is 2.25. The highest BCUT2D eigenvalue weighted by atomic mass is 19.1. The number of hydrogen-bond acceptors (Lipinski definition) is 5. The first-order valence-corrected chi connectivity index (χ1v) is 8.90. The standard InChI is InChI=1S/C19H24FN3O4/c1-4-19(5-2,18(25)26)11-21-15(24)8-9-16-22-17(23-27-16)13-7-6-12(3)14(20)10-13/h6-7,10H,4-5,8-9,11H2,1-3H3,(H,21,24)(H,25,26). The van der Waals surface area contributed by atoms with Crippen LogP contribution in [0.2, 0.25) is 0 Å². The van der Waals surface area contributed by atoms with Crippen molar-refractivity contribution in [2.45, 2.75) is 46.5 Å². The number of aryl methyl sites for hydroxylation is 2. The molecule has 1 aromatic carbocycles. The quantitative estimate of drug-likeness (QED) is 0.696. The molecule has 0 aliphatic carbocycles. The van der Waals surface area contributed by atoms with Gasteiger partial charge in [-0.25, -0.2) is 4.39 Å². The fourth-order valence-electron chi connectivity index (χ4n) is 2.66. The first-order valence-electron chi connectivity index (χ1n) is 8.90. The van der Waals surface area contributed by atoms with Crippen molar-refractivity contribution >= 4 is 11.9 Å². The Kier molecular flexibility index (Phi) is 6.65. The second-order valence-electron chi connectivity index (χ2n) is 6.55. The molecule has 0 bridgehead atoms. The lowest BCUT2D eigenvalue weighted by molar-refractivity contribution is -0.149. The second kappa shape index (κ2) is 8.75. The van der Waals surface area contributed by atoms with Crippen LogP contribution in [0.3, 0.4) is 0 Å². The summed E-state index contributed by atoms with van der Waals surface area (Å²) in [6, 6.07) is 4.66. The van der Waals surface area contributed by atoms with Gasteiger partial charge in [0.05, 0.1) is 5.41 Å². The highest BCUT2D eigenvalue weighted by molar-refractivity contribution is 5.79. The molecule has 8 heteroatoms. The minimum atomic E-state index is -0.956. The van der Waals surface area contributed by atoms with E-state index in [4.69, 9.17) is 4.52 Å². The molecule has 0 atom stereocenters. The molecule has 0 aliphatic heterocycles. The number of nitrogens with one attached hydrogen (secondary N) is 1. The molecule has 1 amide bonds. The zero-order valence-electron chi connectivity index (χ0n) is 15.7. The van der Waals surface area contributed by atoms with Crippen molar-refractivity contribution in [1.82, 2.24) is 15.5 Å². The Morgan fingerprint density at radius 3 is 2.59 bits per heavy atom. The topological polar surface area (TPSA) is 105 Å². The summed E-state index contributed by atoms with van der Waals surface area (Å²) in [7, 11) is 0. The number of carbonyl (C=O) groups excluding carboxylic acids is 1. The van der Waals surface area contributed by atoms with Crippen LogP contribution >= 0.6 is 0 Å². The molecule has 0 saturated carbocycles. The number of carbonyl (C=O) groups is 2. The van der Waals surface area contributed by atoms with Gasteiger partial charge in [-0.15, -0.1) is 0 Å². The monoisotopic (exact) mass is 377 g/mol. The van der Waals surface area contributed by atoms with Gasteiger partial charge in [0.2, 0.25) is 17.6 Å². The number of carboxylic acids is 1. The Bertz CT molecular complexity index is 815. The third-order valence-corrected chi connectivity index (χ3v) is 4.90. The molecule has 146 valence electrons. The molecule has 27 heavy (non-hydrogen) atoms. The van der Waals surface area contributed by atoms with Gasteiger partial charge in [0.15, 0.2) is 0 Å². The van der Waals surface area contributed by atoms with E-state index in [-0.39, 0.29) is 42.8 Å². The minimum absolute atomic E-state index is 0.0753. The van der Waals surface area contributed by atoms with E-state index in [0.717, 1.165) is 0 Å². The number of benzene rings is 1. The van der Waals surface area contributed by atoms with E-state index >= 15 is 0 Å². The van der Waals surface area contributed by atoms with Gasteiger partial charge in [-0.1, -0.05) is 31.1 Å². The van der Waals surface area contributed by atoms with Crippen LogP contribution in [0.25, 0.3) is 11.4 Å². The maximum Gasteiger partial charge on any atom is 0.311 e. The van der Waals surface area contributed by atoms with Gasteiger partial charge in [-0.3, -0.25) is 9.59 Å². The minimum Gasteiger partial charge on any atom is -0.481 e. The number of halogens is 1. The zero-order chi connectivity index (χ0) is 20.0. The predicted molar refractivity (Wildman–Crippen MR) is 96.4 cm³/mol. The van der Waals surface area contributed by atoms with Crippen molar-refractivity contribution in [2.24, 2.45) is 5.41 Å². The third kappa shape index (κ3) is 4.90. The van der Waals surface area contributed by atoms with Gasteiger partial charge in [-0.05, 0) is 31.4 Å². The number of amides is 1. The van der Waals surface area contributed by atoms with Crippen molar-refractivity contribution in [3.05, 3.63) is 35.5 Å². The summed E-state index contributed by atoms with van der Waals surface area (Å²) in [5.41, 5.74) is 0.0634. The van der Waals surface area contributed by atoms with Gasteiger partial charge in [0, 0.05) is 24.9 Å². The molecule has 0 aliphatic rings. The Hall–Kier alpha value is -2.77. The fourth-order valence-corrected chi connectivity index (χ4v) is 2.66. The first kappa shape index (κ1) is 20.5. The van der Waals surface area contributed by atoms with E-state index in [1.54, 1.807) is 32.9 Å². The van der Waals surface area contributed by atoms with Crippen LogP contribution in [0.4, 0.5) is 4.39 Å². The van der Waals surface area contributed by atoms with Gasteiger partial charge in [0.1, 0.15) is 5.82 Å². The Balaban J connectivity index is 1.91. The maximum atomic E-state index is 13.6. The van der Waals surface area contributed by atoms with Crippen LogP contribution in [-0.4, -0.2) is 33.7 Å². The van der Waals surface area contributed by atoms with Crippen LogP contribution in [0, 0.1) is 18.2 Å². The summed E-state index contributed by atoms with van der Waals surface area (Å²) in [5.74, 6) is -1.04. The summed E-state index contributed by atoms with van der Waals surface area (Å²) in [6.07, 6.45) is 1.16. The van der Waals surface area contributed by atoms with E-state index < -0.39 is 11.4 Å². The number of rotatable bonds is 9. The summed E-state index contributed by atoms with van der Waals surface area (Å²) in [5, 5.41) is 15.9. The summed E-state index contributed by atoms with van der Waals surface area (Å²) in [4.78, 5) is 27.7. The molecule has 2 aromatic rings. The van der Waals surface area contributed by atoms with Gasteiger partial charge in [0.25, 0.3) is 0 Å². The van der Waals surface area contributed by atoms with Gasteiger partial charge < -0.3 is 14.9 Å². The lowest BCUT2D eigenvalue weighted by Crippen LogP contribution is -2.42. The number of aliphatic carboxylic acids is 1. The number of carboxylic acid groups (broad SMARTS) is 1. The molecule has 1 aromatic heterocycles. The number of hydrogen-bond donors (Lipinski definition) is 2. The summed E-state index contributed by atoms with van der Waals surface area (Å²) < 4.78 is 18.7. The first-order chi connectivity index (χ1) is 12.8. The highest BCUT2D eigenvalue weighted by Gasteiger charge is 2.35. The van der Waals surface area contributed by atoms with Crippen LogP contribution in [0.15, 0.2) is 22.7 Å². The van der Waals surface area contributed by atoms with E-state index in [0.29, 0.717) is 24.0 Å². The van der Waals surface area contributed by atoms with E-state index in [2.05, 4.69) is 15.5 Å². The van der Waals surface area contributed by atoms with E-state index in [9.17, 15) is 19.1 Å². The summed E-state index contributed by atoms with van der Waals surface area (Å²) in [6.45, 7) is 5.32. The molecule has 0 spiro atoms. The molecule has 0 unspecified atom stereocenters. The average Bonchev–Trinajstić information content (AvgIpc) is 3.12. The molecule has 2 N–H and O–H groups in total. The predicted octanol–water partition coefficient (Wildman–Crippen LogP) is 3.12. The Labute approximate surface area is 157 Å². The van der Waals surface area contributed by atoms with Crippen molar-refractivity contribution in [2.75, 3.05) is 6.54 Å². The van der Waals surface area contributed by atoms with Crippen molar-refractivity contribution in [3.63, 3.8) is 0 Å². The second-order valence-corrected chi connectivity index (χ2v) is 6.55. The normalized spacial score (nSPS) is 11.4. The number of aromatic nitrogens is 2. The molecular formula is C19H24FN3O4. The van der Waals surface area contributed by atoms with E-state index in [1.807, 2.05) is 0 Å². The third-order valence-electron chi connectivity index (χ3n) is 4.90. The lowest BCUT2D eigenvalue weighted by atomic mass is 9.82. The average molecular weight is 377 g/mol. The molecule has 0 radical (unpaired) electrons. The fraction of sp³-hybridized carbons (Fsp3) is 0.474. The van der Waals surface area contributed by atoms with Crippen LogP contribution in [0.1, 0.15) is 44.6 Å². The smallest absolute Gasteiger partial charge is 0.311 e. The molecule has 2 rings (SSSR count). The molecular weight excluding hydrogens is 353 g/mol. The van der Waals surface area contributed by atoms with Crippen LogP contribution in [-0.2, 0) is 16.0 Å². The summed E-state index contributed by atoms with van der Waals surface area (Å²) >= 11 is 0. The largest absolute Gasteiger partial charge is 0.481 e. The molecule has 1 heterocycles. The van der Waals surface area contributed by atoms with E-state index in [1.165, 1.54) is 6.07 Å². The van der Waals surface area contributed by atoms with Crippen LogP contribution < -0.4 is 5.32 Å². The van der Waals surface area contributed by atoms with Crippen molar-refractivity contribution in [1.29, 1.82) is 0 Å². The Morgan fingerprint density at radius 1 is 1.30 bits per heavy atom. The van der Waals surface area contributed by atoms with Gasteiger partial charge >= 0.3 is 5.97 Å².